The van der Waals surface area contributed by atoms with Crippen LogP contribution in [0.5, 0.6) is 0 Å². The minimum Gasteiger partial charge on any atom is -0.351 e. The molecule has 0 atom stereocenters. The first kappa shape index (κ1) is 12.9. The van der Waals surface area contributed by atoms with Crippen LogP contribution in [-0.4, -0.2) is 47.4 Å². The number of methoxy groups -OCH3 is 2. The number of amides is 1. The van der Waals surface area contributed by atoms with Crippen LogP contribution in [0.4, 0.5) is 0 Å². The second-order valence-electron chi connectivity index (χ2n) is 3.21. The number of rotatable bonds is 5. The maximum Gasteiger partial charge on any atom is 0.238 e. The van der Waals surface area contributed by atoms with E-state index in [1.807, 2.05) is 6.92 Å². The average molecular weight is 249 g/mol. The summed E-state index contributed by atoms with van der Waals surface area (Å²) in [6, 6.07) is 0. The number of thiocarbonyl (C=S) groups is 1. The maximum absolute atomic E-state index is 11.5. The van der Waals surface area contributed by atoms with Crippen LogP contribution < -0.4 is 0 Å². The standard InChI is InChI=1S/C9H15NO3S2/c1-4-9(12-2,13-3)6-10-7(11)5-15-8(10)14/h4-6H2,1-3H3. The van der Waals surface area contributed by atoms with Crippen molar-refractivity contribution in [3.8, 4) is 0 Å². The number of nitrogens with zero attached hydrogens (tertiary/aromatic N) is 1. The lowest BCUT2D eigenvalue weighted by Gasteiger charge is -2.33. The van der Waals surface area contributed by atoms with Crippen molar-refractivity contribution in [2.45, 2.75) is 19.1 Å². The molecule has 1 heterocycles. The van der Waals surface area contributed by atoms with E-state index in [2.05, 4.69) is 0 Å². The molecular formula is C9H15NO3S2. The molecule has 0 radical (unpaired) electrons. The quantitative estimate of drug-likeness (QED) is 0.541. The smallest absolute Gasteiger partial charge is 0.238 e. The van der Waals surface area contributed by atoms with Gasteiger partial charge in [-0.05, 0) is 0 Å². The first-order valence-electron chi connectivity index (χ1n) is 4.66. The molecule has 0 unspecified atom stereocenters. The van der Waals surface area contributed by atoms with E-state index in [1.54, 1.807) is 19.1 Å². The van der Waals surface area contributed by atoms with Crippen LogP contribution in [0.2, 0.25) is 0 Å². The van der Waals surface area contributed by atoms with E-state index >= 15 is 0 Å². The number of thioether (sulfide) groups is 1. The van der Waals surface area contributed by atoms with Gasteiger partial charge in [-0.25, -0.2) is 0 Å². The van der Waals surface area contributed by atoms with Gasteiger partial charge in [0.25, 0.3) is 0 Å². The molecule has 1 rings (SSSR count). The average Bonchev–Trinajstić information content (AvgIpc) is 2.57. The summed E-state index contributed by atoms with van der Waals surface area (Å²) >= 11 is 6.47. The molecule has 0 aromatic heterocycles. The fourth-order valence-corrected chi connectivity index (χ4v) is 2.46. The molecule has 0 aromatic rings. The molecule has 86 valence electrons. The fraction of sp³-hybridized carbons (Fsp3) is 0.778. The molecule has 1 aliphatic heterocycles. The van der Waals surface area contributed by atoms with Gasteiger partial charge >= 0.3 is 0 Å². The molecular weight excluding hydrogens is 234 g/mol. The molecule has 15 heavy (non-hydrogen) atoms. The summed E-state index contributed by atoms with van der Waals surface area (Å²) in [4.78, 5) is 13.1. The van der Waals surface area contributed by atoms with Crippen molar-refractivity contribution in [3.05, 3.63) is 0 Å². The molecule has 0 saturated carbocycles. The van der Waals surface area contributed by atoms with Gasteiger partial charge in [-0.15, -0.1) is 0 Å². The normalized spacial score (nSPS) is 17.7. The first-order valence-corrected chi connectivity index (χ1v) is 6.05. The highest BCUT2D eigenvalue weighted by Crippen LogP contribution is 2.25. The van der Waals surface area contributed by atoms with Gasteiger partial charge in [-0.1, -0.05) is 30.9 Å². The van der Waals surface area contributed by atoms with Gasteiger partial charge in [0.15, 0.2) is 5.79 Å². The number of hydrogen-bond donors (Lipinski definition) is 0. The van der Waals surface area contributed by atoms with Gasteiger partial charge in [-0.3, -0.25) is 9.69 Å². The van der Waals surface area contributed by atoms with Crippen LogP contribution >= 0.6 is 24.0 Å². The van der Waals surface area contributed by atoms with Crippen molar-refractivity contribution < 1.29 is 14.3 Å². The van der Waals surface area contributed by atoms with E-state index in [0.29, 0.717) is 23.0 Å². The third-order valence-electron chi connectivity index (χ3n) is 2.52. The molecule has 6 heteroatoms. The van der Waals surface area contributed by atoms with Gasteiger partial charge in [0.2, 0.25) is 5.91 Å². The molecule has 1 fully saturated rings. The van der Waals surface area contributed by atoms with Crippen molar-refractivity contribution in [2.75, 3.05) is 26.5 Å². The predicted octanol–water partition coefficient (Wildman–Crippen LogP) is 1.25. The summed E-state index contributed by atoms with van der Waals surface area (Å²) in [7, 11) is 3.15. The minimum atomic E-state index is -0.745. The molecule has 1 amide bonds. The highest BCUT2D eigenvalue weighted by atomic mass is 32.2. The number of hydrogen-bond acceptors (Lipinski definition) is 5. The SMILES string of the molecule is CCC(CN1C(=O)CSC1=S)(OC)OC. The van der Waals surface area contributed by atoms with Crippen LogP contribution in [-0.2, 0) is 14.3 Å². The molecule has 1 saturated heterocycles. The Bertz CT molecular complexity index is 242. The Morgan fingerprint density at radius 3 is 2.47 bits per heavy atom. The Balaban J connectivity index is 2.73. The highest BCUT2D eigenvalue weighted by Gasteiger charge is 2.36. The summed E-state index contributed by atoms with van der Waals surface area (Å²) in [5.41, 5.74) is 0. The van der Waals surface area contributed by atoms with E-state index in [1.165, 1.54) is 11.8 Å². The van der Waals surface area contributed by atoms with Gasteiger partial charge in [-0.2, -0.15) is 0 Å². The lowest BCUT2D eigenvalue weighted by atomic mass is 10.2. The molecule has 0 spiro atoms. The zero-order valence-electron chi connectivity index (χ0n) is 9.11. The van der Waals surface area contributed by atoms with Crippen LogP contribution in [0.1, 0.15) is 13.3 Å². The van der Waals surface area contributed by atoms with Crippen molar-refractivity contribution in [3.63, 3.8) is 0 Å². The number of ether oxygens (including phenoxy) is 2. The minimum absolute atomic E-state index is 0.0249. The zero-order chi connectivity index (χ0) is 11.5. The van der Waals surface area contributed by atoms with Gasteiger partial charge in [0.1, 0.15) is 4.32 Å². The third kappa shape index (κ3) is 2.69. The number of carbonyl (C=O) groups is 1. The second kappa shape index (κ2) is 5.25. The largest absolute Gasteiger partial charge is 0.351 e. The van der Waals surface area contributed by atoms with E-state index in [-0.39, 0.29) is 5.91 Å². The van der Waals surface area contributed by atoms with Crippen LogP contribution in [0, 0.1) is 0 Å². The van der Waals surface area contributed by atoms with Crippen LogP contribution in [0.3, 0.4) is 0 Å². The Hall–Kier alpha value is -0.170. The second-order valence-corrected chi connectivity index (χ2v) is 4.82. The van der Waals surface area contributed by atoms with Gasteiger partial charge < -0.3 is 9.47 Å². The molecule has 0 aliphatic carbocycles. The van der Waals surface area contributed by atoms with E-state index in [0.717, 1.165) is 0 Å². The molecule has 0 aromatic carbocycles. The Kier molecular flexibility index (Phi) is 4.51. The number of carbonyl (C=O) groups excluding carboxylic acids is 1. The Labute approximate surface area is 99.3 Å². The molecule has 1 aliphatic rings. The lowest BCUT2D eigenvalue weighted by molar-refractivity contribution is -0.212. The first-order chi connectivity index (χ1) is 7.08. The summed E-state index contributed by atoms with van der Waals surface area (Å²) in [6.45, 7) is 2.31. The van der Waals surface area contributed by atoms with Crippen LogP contribution in [0.25, 0.3) is 0 Å². The third-order valence-corrected chi connectivity index (χ3v) is 3.95. The van der Waals surface area contributed by atoms with E-state index < -0.39 is 5.79 Å². The van der Waals surface area contributed by atoms with Gasteiger partial charge in [0, 0.05) is 20.6 Å². The van der Waals surface area contributed by atoms with Crippen molar-refractivity contribution in [1.82, 2.24) is 4.90 Å². The molecule has 0 N–H and O–H groups in total. The van der Waals surface area contributed by atoms with Crippen LogP contribution in [0.15, 0.2) is 0 Å². The fourth-order valence-electron chi connectivity index (χ4n) is 1.39. The Morgan fingerprint density at radius 1 is 1.53 bits per heavy atom. The molecule has 0 bridgehead atoms. The predicted molar refractivity (Wildman–Crippen MR) is 63.8 cm³/mol. The van der Waals surface area contributed by atoms with E-state index in [4.69, 9.17) is 21.7 Å². The summed E-state index contributed by atoms with van der Waals surface area (Å²) < 4.78 is 11.2. The zero-order valence-corrected chi connectivity index (χ0v) is 10.7. The van der Waals surface area contributed by atoms with Crippen molar-refractivity contribution >= 4 is 34.2 Å². The summed E-state index contributed by atoms with van der Waals surface area (Å²) in [5.74, 6) is -0.298. The maximum atomic E-state index is 11.5. The summed E-state index contributed by atoms with van der Waals surface area (Å²) in [5, 5.41) is 0. The summed E-state index contributed by atoms with van der Waals surface area (Å²) in [6.07, 6.45) is 0.664. The topological polar surface area (TPSA) is 38.8 Å². The highest BCUT2D eigenvalue weighted by molar-refractivity contribution is 8.23. The van der Waals surface area contributed by atoms with E-state index in [9.17, 15) is 4.79 Å². The monoisotopic (exact) mass is 249 g/mol. The van der Waals surface area contributed by atoms with Crippen molar-refractivity contribution in [1.29, 1.82) is 0 Å². The van der Waals surface area contributed by atoms with Gasteiger partial charge in [0.05, 0.1) is 12.3 Å². The molecule has 4 nitrogen and oxygen atoms in total. The van der Waals surface area contributed by atoms with Crippen molar-refractivity contribution in [2.24, 2.45) is 0 Å². The lowest BCUT2D eigenvalue weighted by Crippen LogP contribution is -2.47. The Morgan fingerprint density at radius 2 is 2.13 bits per heavy atom.